The summed E-state index contributed by atoms with van der Waals surface area (Å²) in [4.78, 5) is 24.5. The highest BCUT2D eigenvalue weighted by molar-refractivity contribution is 7.14. The van der Waals surface area contributed by atoms with E-state index in [9.17, 15) is 9.59 Å². The van der Waals surface area contributed by atoms with Gasteiger partial charge in [-0.2, -0.15) is 0 Å². The van der Waals surface area contributed by atoms with E-state index in [1.165, 1.54) is 22.3 Å². The molecule has 1 heterocycles. The third-order valence-corrected chi connectivity index (χ3v) is 3.71. The molecule has 0 spiro atoms. The predicted octanol–water partition coefficient (Wildman–Crippen LogP) is 3.12. The molecule has 110 valence electrons. The van der Waals surface area contributed by atoms with Gasteiger partial charge in [0.05, 0.1) is 12.7 Å². The Balaban J connectivity index is 2.11. The molecule has 0 atom stereocenters. The summed E-state index contributed by atoms with van der Waals surface area (Å²) >= 11 is 1.17. The van der Waals surface area contributed by atoms with Crippen molar-refractivity contribution in [2.45, 2.75) is 0 Å². The number of benzene rings is 1. The van der Waals surface area contributed by atoms with Crippen LogP contribution in [-0.2, 0) is 0 Å². The first kappa shape index (κ1) is 14.9. The van der Waals surface area contributed by atoms with E-state index in [0.29, 0.717) is 16.4 Å². The lowest BCUT2D eigenvalue weighted by atomic mass is 10.3. The Hall–Kier alpha value is -2.54. The predicted molar refractivity (Wildman–Crippen MR) is 81.7 cm³/mol. The lowest BCUT2D eigenvalue weighted by Gasteiger charge is -2.18. The quantitative estimate of drug-likeness (QED) is 0.909. The van der Waals surface area contributed by atoms with Crippen LogP contribution in [0, 0.1) is 0 Å². The lowest BCUT2D eigenvalue weighted by Crippen LogP contribution is -2.31. The summed E-state index contributed by atoms with van der Waals surface area (Å²) in [7, 11) is 3.17. The van der Waals surface area contributed by atoms with Crippen molar-refractivity contribution in [3.05, 3.63) is 41.3 Å². The first-order valence-electron chi connectivity index (χ1n) is 6.02. The van der Waals surface area contributed by atoms with Gasteiger partial charge in [-0.05, 0) is 35.7 Å². The van der Waals surface area contributed by atoms with Crippen LogP contribution in [0.25, 0.3) is 0 Å². The van der Waals surface area contributed by atoms with Gasteiger partial charge in [-0.1, -0.05) is 0 Å². The van der Waals surface area contributed by atoms with E-state index in [0.717, 1.165) is 0 Å². The van der Waals surface area contributed by atoms with Crippen LogP contribution in [0.15, 0.2) is 35.7 Å². The van der Waals surface area contributed by atoms with Crippen LogP contribution < -0.4 is 15.0 Å². The number of hydrogen-bond donors (Lipinski definition) is 2. The number of carbonyl (C=O) groups excluding carboxylic acids is 1. The number of aromatic carboxylic acids is 1. The smallest absolute Gasteiger partial charge is 0.338 e. The highest BCUT2D eigenvalue weighted by Crippen LogP contribution is 2.24. The van der Waals surface area contributed by atoms with Crippen LogP contribution >= 0.6 is 11.3 Å². The number of carboxylic acids is 1. The van der Waals surface area contributed by atoms with Crippen LogP contribution in [-0.4, -0.2) is 31.3 Å². The Labute approximate surface area is 125 Å². The average Bonchev–Trinajstić information content (AvgIpc) is 2.95. The molecule has 0 unspecified atom stereocenters. The number of methoxy groups -OCH3 is 1. The Morgan fingerprint density at radius 2 is 1.90 bits per heavy atom. The number of nitrogens with one attached hydrogen (secondary N) is 1. The van der Waals surface area contributed by atoms with Crippen LogP contribution in [0.3, 0.4) is 0 Å². The van der Waals surface area contributed by atoms with Crippen molar-refractivity contribution in [3.63, 3.8) is 0 Å². The van der Waals surface area contributed by atoms with E-state index in [-0.39, 0.29) is 5.56 Å². The Kier molecular flexibility index (Phi) is 4.44. The van der Waals surface area contributed by atoms with Gasteiger partial charge in [0.25, 0.3) is 0 Å². The fraction of sp³-hybridized carbons (Fsp3) is 0.143. The highest BCUT2D eigenvalue weighted by Gasteiger charge is 2.17. The maximum Gasteiger partial charge on any atom is 0.338 e. The van der Waals surface area contributed by atoms with E-state index in [1.54, 1.807) is 43.8 Å². The third kappa shape index (κ3) is 3.32. The molecule has 6 nitrogen and oxygen atoms in total. The van der Waals surface area contributed by atoms with Crippen LogP contribution in [0.5, 0.6) is 5.75 Å². The monoisotopic (exact) mass is 306 g/mol. The van der Waals surface area contributed by atoms with Crippen molar-refractivity contribution in [2.75, 3.05) is 24.4 Å². The number of rotatable bonds is 4. The second-order valence-electron chi connectivity index (χ2n) is 4.16. The first-order chi connectivity index (χ1) is 10.0. The van der Waals surface area contributed by atoms with Crippen molar-refractivity contribution < 1.29 is 19.4 Å². The number of amides is 2. The fourth-order valence-corrected chi connectivity index (χ4v) is 2.45. The third-order valence-electron chi connectivity index (χ3n) is 2.88. The largest absolute Gasteiger partial charge is 0.497 e. The summed E-state index contributed by atoms with van der Waals surface area (Å²) in [5.41, 5.74) is 0.748. The Morgan fingerprint density at radius 1 is 1.24 bits per heavy atom. The number of carbonyl (C=O) groups is 2. The first-order valence-corrected chi connectivity index (χ1v) is 6.90. The molecule has 0 fully saturated rings. The number of urea groups is 1. The Bertz CT molecular complexity index is 651. The molecule has 0 aliphatic rings. The lowest BCUT2D eigenvalue weighted by molar-refractivity contribution is 0.0698. The average molecular weight is 306 g/mol. The summed E-state index contributed by atoms with van der Waals surface area (Å²) in [5, 5.41) is 13.5. The molecule has 0 aliphatic carbocycles. The molecule has 1 aromatic carbocycles. The van der Waals surface area contributed by atoms with Crippen LogP contribution in [0.2, 0.25) is 0 Å². The summed E-state index contributed by atoms with van der Waals surface area (Å²) in [6.07, 6.45) is 0. The maximum absolute atomic E-state index is 12.1. The number of hydrogen-bond acceptors (Lipinski definition) is 4. The van der Waals surface area contributed by atoms with Crippen LogP contribution in [0.4, 0.5) is 15.5 Å². The molecule has 0 saturated carbocycles. The van der Waals surface area contributed by atoms with Gasteiger partial charge in [-0.3, -0.25) is 10.2 Å². The molecule has 0 saturated heterocycles. The van der Waals surface area contributed by atoms with E-state index in [1.807, 2.05) is 0 Å². The molecule has 2 aromatic rings. The summed E-state index contributed by atoms with van der Waals surface area (Å²) in [5.74, 6) is -0.377. The molecule has 2 rings (SSSR count). The number of ether oxygens (including phenoxy) is 1. The van der Waals surface area contributed by atoms with E-state index >= 15 is 0 Å². The minimum Gasteiger partial charge on any atom is -0.497 e. The SMILES string of the molecule is COc1ccc(N(C)C(=O)Nc2sccc2C(=O)O)cc1. The van der Waals surface area contributed by atoms with Gasteiger partial charge in [-0.15, -0.1) is 11.3 Å². The number of thiophene rings is 1. The van der Waals surface area contributed by atoms with Gasteiger partial charge < -0.3 is 9.84 Å². The normalized spacial score (nSPS) is 10.0. The van der Waals surface area contributed by atoms with Crippen molar-refractivity contribution in [3.8, 4) is 5.75 Å². The fourth-order valence-electron chi connectivity index (χ4n) is 1.68. The van der Waals surface area contributed by atoms with Gasteiger partial charge in [-0.25, -0.2) is 9.59 Å². The number of nitrogens with zero attached hydrogens (tertiary/aromatic N) is 1. The molecule has 7 heteroatoms. The molecule has 2 amide bonds. The topological polar surface area (TPSA) is 78.9 Å². The van der Waals surface area contributed by atoms with Gasteiger partial charge in [0, 0.05) is 12.7 Å². The van der Waals surface area contributed by atoms with Gasteiger partial charge in [0.15, 0.2) is 0 Å². The summed E-state index contributed by atoms with van der Waals surface area (Å²) in [6.45, 7) is 0. The molecular weight excluding hydrogens is 292 g/mol. The van der Waals surface area contributed by atoms with Crippen molar-refractivity contribution in [1.82, 2.24) is 0 Å². The molecule has 0 bridgehead atoms. The summed E-state index contributed by atoms with van der Waals surface area (Å²) in [6, 6.07) is 8.01. The zero-order chi connectivity index (χ0) is 15.4. The van der Waals surface area contributed by atoms with Crippen molar-refractivity contribution >= 4 is 34.0 Å². The minimum absolute atomic E-state index is 0.0801. The van der Waals surface area contributed by atoms with Crippen LogP contribution in [0.1, 0.15) is 10.4 Å². The van der Waals surface area contributed by atoms with E-state index in [4.69, 9.17) is 9.84 Å². The zero-order valence-corrected chi connectivity index (χ0v) is 12.3. The summed E-state index contributed by atoms with van der Waals surface area (Å²) < 4.78 is 5.05. The molecule has 0 aliphatic heterocycles. The number of anilines is 2. The van der Waals surface area contributed by atoms with Gasteiger partial charge >= 0.3 is 12.0 Å². The van der Waals surface area contributed by atoms with E-state index < -0.39 is 12.0 Å². The maximum atomic E-state index is 12.1. The zero-order valence-electron chi connectivity index (χ0n) is 11.5. The highest BCUT2D eigenvalue weighted by atomic mass is 32.1. The van der Waals surface area contributed by atoms with E-state index in [2.05, 4.69) is 5.32 Å². The van der Waals surface area contributed by atoms with Crippen molar-refractivity contribution in [2.24, 2.45) is 0 Å². The van der Waals surface area contributed by atoms with Crippen molar-refractivity contribution in [1.29, 1.82) is 0 Å². The second-order valence-corrected chi connectivity index (χ2v) is 5.07. The second kappa shape index (κ2) is 6.27. The molecule has 0 radical (unpaired) electrons. The number of carboxylic acid groups (broad SMARTS) is 1. The van der Waals surface area contributed by atoms with Gasteiger partial charge in [0.1, 0.15) is 10.8 Å². The van der Waals surface area contributed by atoms with Gasteiger partial charge in [0.2, 0.25) is 0 Å². The molecular formula is C14H14N2O4S. The molecule has 21 heavy (non-hydrogen) atoms. The molecule has 1 aromatic heterocycles. The minimum atomic E-state index is -1.07. The molecule has 2 N–H and O–H groups in total. The standard InChI is InChI=1S/C14H14N2O4S/c1-16(9-3-5-10(20-2)6-4-9)14(19)15-12-11(13(17)18)7-8-21-12/h3-8H,1-2H3,(H,15,19)(H,17,18). The Morgan fingerprint density at radius 3 is 2.48 bits per heavy atom.